The Bertz CT molecular complexity index is 959. The van der Waals surface area contributed by atoms with Crippen molar-refractivity contribution >= 4 is 10.0 Å². The van der Waals surface area contributed by atoms with Crippen molar-refractivity contribution in [2.75, 3.05) is 6.61 Å². The largest absolute Gasteiger partial charge is 0.494 e. The molecule has 0 aliphatic heterocycles. The van der Waals surface area contributed by atoms with Crippen LogP contribution in [0.3, 0.4) is 0 Å². The molecule has 0 saturated carbocycles. The van der Waals surface area contributed by atoms with Crippen LogP contribution in [0.15, 0.2) is 72.0 Å². The van der Waals surface area contributed by atoms with E-state index in [2.05, 4.69) is 14.7 Å². The van der Waals surface area contributed by atoms with Crippen LogP contribution in [0.2, 0.25) is 0 Å². The van der Waals surface area contributed by atoms with E-state index in [1.807, 2.05) is 25.1 Å². The van der Waals surface area contributed by atoms with E-state index in [0.29, 0.717) is 18.1 Å². The summed E-state index contributed by atoms with van der Waals surface area (Å²) in [6.07, 6.45) is 5.06. The molecule has 0 fully saturated rings. The molecule has 3 aromatic rings. The minimum absolute atomic E-state index is 0.133. The molecule has 0 bridgehead atoms. The summed E-state index contributed by atoms with van der Waals surface area (Å²) in [7, 11) is -3.64. The van der Waals surface area contributed by atoms with Gasteiger partial charge in [-0.2, -0.15) is 0 Å². The molecule has 3 rings (SSSR count). The topological polar surface area (TPSA) is 81.2 Å². The van der Waals surface area contributed by atoms with Crippen LogP contribution in [0.1, 0.15) is 12.5 Å². The minimum Gasteiger partial charge on any atom is -0.494 e. The second-order valence-electron chi connectivity index (χ2n) is 5.48. The van der Waals surface area contributed by atoms with Crippen molar-refractivity contribution in [3.8, 4) is 17.0 Å². The Labute approximate surface area is 153 Å². The Balaban J connectivity index is 1.78. The molecule has 2 heterocycles. The second-order valence-corrected chi connectivity index (χ2v) is 7.25. The molecule has 0 radical (unpaired) electrons. The number of hydrogen-bond acceptors (Lipinski definition) is 5. The first kappa shape index (κ1) is 18.0. The third-order valence-corrected chi connectivity index (χ3v) is 5.14. The van der Waals surface area contributed by atoms with Crippen molar-refractivity contribution in [1.82, 2.24) is 14.7 Å². The molecule has 134 valence electrons. The van der Waals surface area contributed by atoms with Crippen LogP contribution < -0.4 is 9.46 Å². The average molecular weight is 369 g/mol. The van der Waals surface area contributed by atoms with E-state index in [-0.39, 0.29) is 11.4 Å². The van der Waals surface area contributed by atoms with Gasteiger partial charge in [-0.25, -0.2) is 13.1 Å². The minimum atomic E-state index is -3.64. The van der Waals surface area contributed by atoms with Crippen LogP contribution >= 0.6 is 0 Å². The Morgan fingerprint density at radius 3 is 2.50 bits per heavy atom. The maximum absolute atomic E-state index is 12.5. The van der Waals surface area contributed by atoms with Gasteiger partial charge in [-0.1, -0.05) is 6.07 Å². The van der Waals surface area contributed by atoms with E-state index >= 15 is 0 Å². The number of pyridine rings is 2. The van der Waals surface area contributed by atoms with E-state index in [9.17, 15) is 8.42 Å². The number of sulfonamides is 1. The number of ether oxygens (including phenoxy) is 1. The number of rotatable bonds is 7. The van der Waals surface area contributed by atoms with Gasteiger partial charge in [-0.3, -0.25) is 9.97 Å². The van der Waals surface area contributed by atoms with Crippen LogP contribution in [0.4, 0.5) is 0 Å². The number of benzene rings is 1. The van der Waals surface area contributed by atoms with Crippen molar-refractivity contribution in [3.63, 3.8) is 0 Å². The molecule has 1 N–H and O–H groups in total. The summed E-state index contributed by atoms with van der Waals surface area (Å²) in [6, 6.07) is 13.7. The smallest absolute Gasteiger partial charge is 0.240 e. The first-order valence-electron chi connectivity index (χ1n) is 8.17. The molecule has 0 amide bonds. The first-order chi connectivity index (χ1) is 12.6. The maximum atomic E-state index is 12.5. The zero-order valence-corrected chi connectivity index (χ0v) is 15.1. The molecular formula is C19H19N3O3S. The molecule has 1 aromatic carbocycles. The number of hydrogen-bond donors (Lipinski definition) is 1. The van der Waals surface area contributed by atoms with Crippen LogP contribution in [-0.4, -0.2) is 25.0 Å². The first-order valence-corrected chi connectivity index (χ1v) is 9.65. The molecule has 26 heavy (non-hydrogen) atoms. The van der Waals surface area contributed by atoms with Gasteiger partial charge < -0.3 is 4.74 Å². The Kier molecular flexibility index (Phi) is 5.60. The maximum Gasteiger partial charge on any atom is 0.240 e. The zero-order chi connectivity index (χ0) is 18.4. The number of nitrogens with zero attached hydrogens (tertiary/aromatic N) is 2. The fourth-order valence-corrected chi connectivity index (χ4v) is 3.49. The highest BCUT2D eigenvalue weighted by atomic mass is 32.2. The van der Waals surface area contributed by atoms with Crippen molar-refractivity contribution in [2.24, 2.45) is 0 Å². The molecule has 0 spiro atoms. The predicted octanol–water partition coefficient (Wildman–Crippen LogP) is 3.02. The molecule has 0 saturated heterocycles. The summed E-state index contributed by atoms with van der Waals surface area (Å²) in [5.74, 6) is 0.637. The molecule has 0 atom stereocenters. The van der Waals surface area contributed by atoms with Crippen LogP contribution in [0.5, 0.6) is 5.75 Å². The lowest BCUT2D eigenvalue weighted by Crippen LogP contribution is -2.23. The van der Waals surface area contributed by atoms with Crippen molar-refractivity contribution in [3.05, 3.63) is 72.7 Å². The Hall–Kier alpha value is -2.77. The van der Waals surface area contributed by atoms with Gasteiger partial charge in [-0.05, 0) is 55.0 Å². The highest BCUT2D eigenvalue weighted by molar-refractivity contribution is 7.89. The molecule has 7 heteroatoms. The highest BCUT2D eigenvalue weighted by Gasteiger charge is 2.15. The second kappa shape index (κ2) is 8.07. The summed E-state index contributed by atoms with van der Waals surface area (Å²) >= 11 is 0. The van der Waals surface area contributed by atoms with Gasteiger partial charge in [0.1, 0.15) is 5.75 Å². The number of nitrogens with one attached hydrogen (secondary N) is 1. The summed E-state index contributed by atoms with van der Waals surface area (Å²) in [5, 5.41) is 0. The average Bonchev–Trinajstić information content (AvgIpc) is 2.68. The van der Waals surface area contributed by atoms with E-state index in [1.54, 1.807) is 36.8 Å². The molecule has 0 unspecified atom stereocenters. The summed E-state index contributed by atoms with van der Waals surface area (Å²) in [6.45, 7) is 2.54. The van der Waals surface area contributed by atoms with Crippen molar-refractivity contribution in [1.29, 1.82) is 0 Å². The third-order valence-electron chi connectivity index (χ3n) is 3.72. The van der Waals surface area contributed by atoms with E-state index in [1.165, 1.54) is 12.1 Å². The van der Waals surface area contributed by atoms with Crippen LogP contribution in [-0.2, 0) is 16.6 Å². The summed E-state index contributed by atoms with van der Waals surface area (Å²) in [5.41, 5.74) is 2.31. The zero-order valence-electron chi connectivity index (χ0n) is 14.3. The van der Waals surface area contributed by atoms with Gasteiger partial charge in [0, 0.05) is 30.7 Å². The lowest BCUT2D eigenvalue weighted by molar-refractivity contribution is 0.340. The number of aromatic nitrogens is 2. The van der Waals surface area contributed by atoms with Crippen LogP contribution in [0, 0.1) is 0 Å². The SMILES string of the molecule is CCOc1ccc(S(=O)(=O)NCc2cccnc2-c2cccnc2)cc1. The monoisotopic (exact) mass is 369 g/mol. The van der Waals surface area contributed by atoms with Crippen molar-refractivity contribution in [2.45, 2.75) is 18.4 Å². The quantitative estimate of drug-likeness (QED) is 0.692. The fourth-order valence-electron chi connectivity index (χ4n) is 2.48. The van der Waals surface area contributed by atoms with Gasteiger partial charge in [0.05, 0.1) is 17.2 Å². The van der Waals surface area contributed by atoms with E-state index in [4.69, 9.17) is 4.74 Å². The summed E-state index contributed by atoms with van der Waals surface area (Å²) < 4.78 is 33.0. The van der Waals surface area contributed by atoms with Gasteiger partial charge in [0.2, 0.25) is 10.0 Å². The van der Waals surface area contributed by atoms with Crippen LogP contribution in [0.25, 0.3) is 11.3 Å². The molecular weight excluding hydrogens is 350 g/mol. The Morgan fingerprint density at radius 1 is 1.04 bits per heavy atom. The van der Waals surface area contributed by atoms with Gasteiger partial charge in [-0.15, -0.1) is 0 Å². The highest BCUT2D eigenvalue weighted by Crippen LogP contribution is 2.21. The Morgan fingerprint density at radius 2 is 1.81 bits per heavy atom. The van der Waals surface area contributed by atoms with E-state index in [0.717, 1.165) is 11.1 Å². The standard InChI is InChI=1S/C19H19N3O3S/c1-2-25-17-7-9-18(10-8-17)26(23,24)22-14-16-6-4-12-21-19(16)15-5-3-11-20-13-15/h3-13,22H,2,14H2,1H3. The lowest BCUT2D eigenvalue weighted by Gasteiger charge is -2.11. The third kappa shape index (κ3) is 4.25. The van der Waals surface area contributed by atoms with Gasteiger partial charge >= 0.3 is 0 Å². The summed E-state index contributed by atoms with van der Waals surface area (Å²) in [4.78, 5) is 8.64. The molecule has 0 aliphatic carbocycles. The molecule has 6 nitrogen and oxygen atoms in total. The molecule has 0 aliphatic rings. The predicted molar refractivity (Wildman–Crippen MR) is 99.1 cm³/mol. The van der Waals surface area contributed by atoms with Gasteiger partial charge in [0.15, 0.2) is 0 Å². The normalized spacial score (nSPS) is 11.3. The fraction of sp³-hybridized carbons (Fsp3) is 0.158. The van der Waals surface area contributed by atoms with E-state index < -0.39 is 10.0 Å². The lowest BCUT2D eigenvalue weighted by atomic mass is 10.1. The van der Waals surface area contributed by atoms with Gasteiger partial charge in [0.25, 0.3) is 0 Å². The van der Waals surface area contributed by atoms with Crippen molar-refractivity contribution < 1.29 is 13.2 Å². The molecule has 2 aromatic heterocycles.